The summed E-state index contributed by atoms with van der Waals surface area (Å²) in [6, 6.07) is 14.1. The van der Waals surface area contributed by atoms with E-state index in [0.717, 1.165) is 12.1 Å². The van der Waals surface area contributed by atoms with Gasteiger partial charge in [0, 0.05) is 0 Å². The van der Waals surface area contributed by atoms with E-state index in [1.54, 1.807) is 6.07 Å². The summed E-state index contributed by atoms with van der Waals surface area (Å²) < 4.78 is 4.13. The van der Waals surface area contributed by atoms with Gasteiger partial charge >= 0.3 is 0 Å². The van der Waals surface area contributed by atoms with Gasteiger partial charge in [0.1, 0.15) is 22.5 Å². The minimum absolute atomic E-state index is 0.325. The molecule has 0 fully saturated rings. The summed E-state index contributed by atoms with van der Waals surface area (Å²) in [5.41, 5.74) is 4.50. The molecule has 0 aliphatic carbocycles. The molecule has 102 valence electrons. The molecule has 0 spiro atoms. The average molecular weight is 267 g/mol. The van der Waals surface area contributed by atoms with Gasteiger partial charge < -0.3 is 5.11 Å². The lowest BCUT2D eigenvalue weighted by molar-refractivity contribution is 0.471. The second-order valence-electron chi connectivity index (χ2n) is 5.28. The smallest absolute Gasteiger partial charge is 0.143 e. The van der Waals surface area contributed by atoms with Crippen molar-refractivity contribution in [2.24, 2.45) is 0 Å². The van der Waals surface area contributed by atoms with Crippen LogP contribution in [-0.2, 0) is 6.42 Å². The summed E-state index contributed by atoms with van der Waals surface area (Å²) in [6.45, 7) is 2.19. The molecule has 4 nitrogen and oxygen atoms in total. The third-order valence-corrected chi connectivity index (χ3v) is 3.89. The Bertz CT molecular complexity index is 823. The minimum atomic E-state index is 0.325. The van der Waals surface area contributed by atoms with Gasteiger partial charge in [-0.3, -0.25) is 0 Å². The molecule has 0 amide bonds. The average Bonchev–Trinajstić information content (AvgIpc) is 3.12. The summed E-state index contributed by atoms with van der Waals surface area (Å²) in [5, 5.41) is 10.1. The maximum atomic E-state index is 10.1. The molecule has 0 aliphatic rings. The van der Waals surface area contributed by atoms with Crippen molar-refractivity contribution in [1.29, 1.82) is 0 Å². The topological polar surface area (TPSA) is 34.0 Å². The second kappa shape index (κ2) is 4.07. The molecular weight excluding hydrogens is 250 g/mol. The van der Waals surface area contributed by atoms with Gasteiger partial charge in [-0.15, -0.1) is 14.1 Å². The van der Waals surface area contributed by atoms with E-state index in [2.05, 4.69) is 34.4 Å². The number of phenolic OH excluding ortho intramolecular Hbond substituents is 1. The number of aryl methyl sites for hydroxylation is 1. The van der Waals surface area contributed by atoms with Crippen molar-refractivity contribution < 1.29 is 5.11 Å². The van der Waals surface area contributed by atoms with Crippen molar-refractivity contribution in [2.45, 2.75) is 26.2 Å². The van der Waals surface area contributed by atoms with Gasteiger partial charge in [-0.2, -0.15) is 0 Å². The van der Waals surface area contributed by atoms with E-state index in [1.165, 1.54) is 29.4 Å². The highest BCUT2D eigenvalue weighted by atomic mass is 16.3. The number of rotatable bonds is 4. The quantitative estimate of drug-likeness (QED) is 0.603. The molecule has 4 heteroatoms. The second-order valence-corrected chi connectivity index (χ2v) is 5.28. The molecule has 1 N–H and O–H groups in total. The molecule has 0 saturated heterocycles. The Labute approximate surface area is 116 Å². The molecule has 2 aromatic carbocycles. The minimum Gasteiger partial charge on any atom is -0.506 e. The molecule has 0 saturated carbocycles. The number of unbranched alkanes of at least 4 members (excludes halogenated alkanes) is 1. The number of para-hydroxylation sites is 2. The molecule has 0 atom stereocenters. The van der Waals surface area contributed by atoms with Crippen LogP contribution >= 0.6 is 0 Å². The van der Waals surface area contributed by atoms with Crippen LogP contribution in [0.15, 0.2) is 42.5 Å². The van der Waals surface area contributed by atoms with Crippen LogP contribution in [0.1, 0.15) is 25.3 Å². The highest BCUT2D eigenvalue weighted by molar-refractivity contribution is 5.79. The van der Waals surface area contributed by atoms with Crippen LogP contribution in [0.2, 0.25) is 0 Å². The SMILES string of the molecule is CCCCc1ccc(O)c(-n2n3c4ccccc4n23)c1. The highest BCUT2D eigenvalue weighted by Gasteiger charge is 2.25. The van der Waals surface area contributed by atoms with Crippen LogP contribution in [0.25, 0.3) is 16.7 Å². The van der Waals surface area contributed by atoms with Gasteiger partial charge in [-0.25, -0.2) is 0 Å². The maximum Gasteiger partial charge on any atom is 0.143 e. The maximum absolute atomic E-state index is 10.1. The Kier molecular flexibility index (Phi) is 2.33. The van der Waals surface area contributed by atoms with Gasteiger partial charge in [-0.05, 0) is 42.7 Å². The van der Waals surface area contributed by atoms with Gasteiger partial charge in [0.15, 0.2) is 0 Å². The van der Waals surface area contributed by atoms with Gasteiger partial charge in [0.2, 0.25) is 0 Å². The lowest BCUT2D eigenvalue weighted by Gasteiger charge is -2.03. The molecular formula is C16H17N3O. The Morgan fingerprint density at radius 1 is 1.00 bits per heavy atom. The predicted molar refractivity (Wildman–Crippen MR) is 79.1 cm³/mol. The lowest BCUT2D eigenvalue weighted by atomic mass is 10.1. The Morgan fingerprint density at radius 2 is 1.70 bits per heavy atom. The van der Waals surface area contributed by atoms with Gasteiger partial charge in [0.25, 0.3) is 0 Å². The third-order valence-electron chi connectivity index (χ3n) is 3.89. The summed E-state index contributed by atoms with van der Waals surface area (Å²) >= 11 is 0. The number of phenols is 1. The fourth-order valence-electron chi connectivity index (χ4n) is 2.76. The van der Waals surface area contributed by atoms with Crippen LogP contribution in [0.4, 0.5) is 0 Å². The standard InChI is InChI=1S/C16H17N3O/c1-2-3-6-12-9-10-16(20)15(11-12)19-17-13-7-4-5-8-14(13)18(17)19/h4-5,7-11,20H,2-3,6H2,1H3. The number of nitrogens with zero attached hydrogens (tertiary/aromatic N) is 3. The fraction of sp³-hybridized carbons (Fsp3) is 0.250. The predicted octanol–water partition coefficient (Wildman–Crippen LogP) is 3.47. The normalized spacial score (nSPS) is 12.1. The first kappa shape index (κ1) is 11.5. The van der Waals surface area contributed by atoms with E-state index in [1.807, 2.05) is 23.0 Å². The molecule has 0 bridgehead atoms. The van der Waals surface area contributed by atoms with Crippen LogP contribution < -0.4 is 0 Å². The van der Waals surface area contributed by atoms with Crippen molar-refractivity contribution in [3.8, 4) is 11.4 Å². The van der Waals surface area contributed by atoms with Crippen molar-refractivity contribution in [2.75, 3.05) is 0 Å². The Balaban J connectivity index is 1.79. The van der Waals surface area contributed by atoms with E-state index < -0.39 is 0 Å². The fourth-order valence-corrected chi connectivity index (χ4v) is 2.76. The molecule has 0 unspecified atom stereocenters. The Morgan fingerprint density at radius 3 is 2.35 bits per heavy atom. The highest BCUT2D eigenvalue weighted by Crippen LogP contribution is 2.31. The van der Waals surface area contributed by atoms with Crippen molar-refractivity contribution >= 4 is 11.0 Å². The number of aromatic hydroxyl groups is 1. The van der Waals surface area contributed by atoms with Crippen LogP contribution in [-0.4, -0.2) is 19.2 Å². The van der Waals surface area contributed by atoms with E-state index in [-0.39, 0.29) is 0 Å². The number of fused-ring (bicyclic) bond motifs is 4. The Hall–Kier alpha value is -2.36. The zero-order chi connectivity index (χ0) is 13.7. The van der Waals surface area contributed by atoms with Gasteiger partial charge in [-0.1, -0.05) is 31.5 Å². The first-order valence-corrected chi connectivity index (χ1v) is 7.12. The zero-order valence-electron chi connectivity index (χ0n) is 11.5. The van der Waals surface area contributed by atoms with Gasteiger partial charge in [0.05, 0.1) is 0 Å². The summed E-state index contributed by atoms with van der Waals surface area (Å²) in [6.07, 6.45) is 3.42. The molecule has 2 aromatic heterocycles. The largest absolute Gasteiger partial charge is 0.506 e. The summed E-state index contributed by atoms with van der Waals surface area (Å²) in [4.78, 5) is 2.01. The lowest BCUT2D eigenvalue weighted by Crippen LogP contribution is -1.91. The zero-order valence-corrected chi connectivity index (χ0v) is 11.5. The first-order valence-electron chi connectivity index (χ1n) is 7.12. The van der Waals surface area contributed by atoms with Crippen molar-refractivity contribution in [1.82, 2.24) is 14.1 Å². The molecule has 4 rings (SSSR count). The van der Waals surface area contributed by atoms with E-state index in [4.69, 9.17) is 0 Å². The molecule has 20 heavy (non-hydrogen) atoms. The first-order chi connectivity index (χ1) is 9.81. The number of aromatic nitrogens is 3. The van der Waals surface area contributed by atoms with Crippen LogP contribution in [0.5, 0.6) is 5.75 Å². The van der Waals surface area contributed by atoms with Crippen LogP contribution in [0.3, 0.4) is 0 Å². The third kappa shape index (κ3) is 1.48. The molecule has 0 aliphatic heterocycles. The summed E-state index contributed by atoms with van der Waals surface area (Å²) in [5.74, 6) is 0.325. The number of benzene rings is 2. The van der Waals surface area contributed by atoms with E-state index in [9.17, 15) is 5.11 Å². The van der Waals surface area contributed by atoms with E-state index >= 15 is 0 Å². The number of hydrogen-bond acceptors (Lipinski definition) is 1. The molecule has 2 heterocycles. The molecule has 0 radical (unpaired) electrons. The number of hydrogen-bond donors (Lipinski definition) is 1. The van der Waals surface area contributed by atoms with Crippen LogP contribution in [0, 0.1) is 0 Å². The molecule has 4 aromatic rings. The van der Waals surface area contributed by atoms with Crippen molar-refractivity contribution in [3.05, 3.63) is 48.0 Å². The monoisotopic (exact) mass is 267 g/mol. The van der Waals surface area contributed by atoms with E-state index in [0.29, 0.717) is 5.75 Å². The summed E-state index contributed by atoms with van der Waals surface area (Å²) in [7, 11) is 0. The van der Waals surface area contributed by atoms with Crippen molar-refractivity contribution in [3.63, 3.8) is 0 Å².